The van der Waals surface area contributed by atoms with E-state index in [0.29, 0.717) is 11.5 Å². The summed E-state index contributed by atoms with van der Waals surface area (Å²) in [4.78, 5) is 2.43. The largest absolute Gasteiger partial charge is 0.323 e. The van der Waals surface area contributed by atoms with Crippen LogP contribution in [0.4, 0.5) is 0 Å². The first-order valence-corrected chi connectivity index (χ1v) is 6.17. The Balaban J connectivity index is 2.16. The molecule has 1 aliphatic heterocycles. The predicted octanol–water partition coefficient (Wildman–Crippen LogP) is 2.05. The molecule has 1 aromatic carbocycles. The van der Waals surface area contributed by atoms with Gasteiger partial charge in [0.15, 0.2) is 0 Å². The summed E-state index contributed by atoms with van der Waals surface area (Å²) in [7, 11) is 2.21. The Morgan fingerprint density at radius 3 is 2.94 bits per heavy atom. The van der Waals surface area contributed by atoms with Crippen molar-refractivity contribution < 1.29 is 0 Å². The van der Waals surface area contributed by atoms with E-state index in [1.165, 1.54) is 30.5 Å². The molecular weight excluding hydrogens is 196 g/mol. The molecule has 0 radical (unpaired) electrons. The highest BCUT2D eigenvalue weighted by Crippen LogP contribution is 2.47. The Morgan fingerprint density at radius 2 is 2.12 bits per heavy atom. The summed E-state index contributed by atoms with van der Waals surface area (Å²) in [6.45, 7) is 3.57. The van der Waals surface area contributed by atoms with Gasteiger partial charge in [0.1, 0.15) is 0 Å². The van der Waals surface area contributed by atoms with Gasteiger partial charge in [-0.05, 0) is 43.0 Å². The molecule has 1 heterocycles. The average molecular weight is 216 g/mol. The van der Waals surface area contributed by atoms with Gasteiger partial charge in [0.2, 0.25) is 0 Å². The summed E-state index contributed by atoms with van der Waals surface area (Å²) < 4.78 is 0. The topological polar surface area (TPSA) is 29.3 Å². The second-order valence-electron chi connectivity index (χ2n) is 5.68. The maximum atomic E-state index is 6.40. The van der Waals surface area contributed by atoms with Gasteiger partial charge in [-0.2, -0.15) is 0 Å². The molecule has 0 aromatic heterocycles. The van der Waals surface area contributed by atoms with Crippen molar-refractivity contribution in [3.8, 4) is 0 Å². The molecule has 2 aliphatic rings. The van der Waals surface area contributed by atoms with Crippen molar-refractivity contribution in [3.63, 3.8) is 0 Å². The average Bonchev–Trinajstić information content (AvgIpc) is 2.31. The molecule has 2 N–H and O–H groups in total. The van der Waals surface area contributed by atoms with Crippen LogP contribution in [0.2, 0.25) is 0 Å². The molecule has 2 heteroatoms. The van der Waals surface area contributed by atoms with Crippen molar-refractivity contribution >= 4 is 0 Å². The Bertz CT molecular complexity index is 415. The minimum atomic E-state index is 0.189. The fraction of sp³-hybridized carbons (Fsp3) is 0.571. The molecule has 86 valence electrons. The summed E-state index contributed by atoms with van der Waals surface area (Å²) in [6.07, 6.45) is 2.46. The molecule has 1 saturated heterocycles. The van der Waals surface area contributed by atoms with E-state index in [0.717, 1.165) is 0 Å². The Hall–Kier alpha value is -0.860. The first kappa shape index (κ1) is 10.3. The highest BCUT2D eigenvalue weighted by Gasteiger charge is 2.44. The summed E-state index contributed by atoms with van der Waals surface area (Å²) in [5.41, 5.74) is 9.62. The molecule has 1 fully saturated rings. The van der Waals surface area contributed by atoms with Gasteiger partial charge in [-0.3, -0.25) is 0 Å². The van der Waals surface area contributed by atoms with Crippen LogP contribution < -0.4 is 5.73 Å². The van der Waals surface area contributed by atoms with Gasteiger partial charge in [0.05, 0.1) is 0 Å². The highest BCUT2D eigenvalue weighted by atomic mass is 15.2. The molecule has 0 saturated carbocycles. The van der Waals surface area contributed by atoms with Crippen molar-refractivity contribution in [2.24, 2.45) is 5.73 Å². The fourth-order valence-electron chi connectivity index (χ4n) is 3.50. The number of hydrogen-bond acceptors (Lipinski definition) is 2. The van der Waals surface area contributed by atoms with Crippen LogP contribution in [0.15, 0.2) is 24.3 Å². The van der Waals surface area contributed by atoms with Crippen LogP contribution in [0.25, 0.3) is 0 Å². The molecule has 0 amide bonds. The summed E-state index contributed by atoms with van der Waals surface area (Å²) in [6, 6.07) is 9.46. The third-order valence-electron chi connectivity index (χ3n) is 4.63. The van der Waals surface area contributed by atoms with Crippen LogP contribution in [-0.4, -0.2) is 24.5 Å². The van der Waals surface area contributed by atoms with Gasteiger partial charge in [-0.1, -0.05) is 31.2 Å². The minimum absolute atomic E-state index is 0.189. The van der Waals surface area contributed by atoms with Gasteiger partial charge in [-0.25, -0.2) is 0 Å². The lowest BCUT2D eigenvalue weighted by Gasteiger charge is -2.51. The Labute approximate surface area is 97.4 Å². The highest BCUT2D eigenvalue weighted by molar-refractivity contribution is 5.41. The van der Waals surface area contributed by atoms with E-state index in [-0.39, 0.29) is 6.04 Å². The van der Waals surface area contributed by atoms with Crippen LogP contribution in [-0.2, 0) is 5.41 Å². The quantitative estimate of drug-likeness (QED) is 0.719. The van der Waals surface area contributed by atoms with E-state index in [4.69, 9.17) is 5.73 Å². The van der Waals surface area contributed by atoms with Crippen molar-refractivity contribution in [1.29, 1.82) is 0 Å². The molecular formula is C14H20N2. The second-order valence-corrected chi connectivity index (χ2v) is 5.68. The molecule has 1 aromatic rings. The maximum Gasteiger partial charge on any atom is 0.0456 e. The zero-order valence-electron chi connectivity index (χ0n) is 10.1. The Morgan fingerprint density at radius 1 is 1.38 bits per heavy atom. The first-order chi connectivity index (χ1) is 7.62. The van der Waals surface area contributed by atoms with Crippen molar-refractivity contribution in [3.05, 3.63) is 35.4 Å². The maximum absolute atomic E-state index is 6.40. The number of likely N-dealkylation sites (N-methyl/N-ethyl adjacent to an activating group) is 1. The molecule has 0 spiro atoms. The summed E-state index contributed by atoms with van der Waals surface area (Å²) in [5.74, 6) is 0. The zero-order valence-corrected chi connectivity index (χ0v) is 10.1. The van der Waals surface area contributed by atoms with Gasteiger partial charge in [-0.15, -0.1) is 0 Å². The standard InChI is InChI=1S/C14H20N2/c1-14-7-8-16(2)12(9-14)13(15)10-5-3-4-6-11(10)14/h3-6,12-13H,7-9,15H2,1-2H3/t12?,13-,14?/m0/s1. The normalized spacial score (nSPS) is 38.2. The predicted molar refractivity (Wildman–Crippen MR) is 66.4 cm³/mol. The number of piperidine rings is 1. The smallest absolute Gasteiger partial charge is 0.0456 e. The number of nitrogens with zero attached hydrogens (tertiary/aromatic N) is 1. The third-order valence-corrected chi connectivity index (χ3v) is 4.63. The van der Waals surface area contributed by atoms with Gasteiger partial charge in [0.25, 0.3) is 0 Å². The fourth-order valence-corrected chi connectivity index (χ4v) is 3.50. The molecule has 1 aliphatic carbocycles. The van der Waals surface area contributed by atoms with Crippen molar-refractivity contribution in [2.75, 3.05) is 13.6 Å². The van der Waals surface area contributed by atoms with Crippen LogP contribution >= 0.6 is 0 Å². The molecule has 3 rings (SSSR count). The summed E-state index contributed by atoms with van der Waals surface area (Å²) in [5, 5.41) is 0. The molecule has 16 heavy (non-hydrogen) atoms. The lowest BCUT2D eigenvalue weighted by molar-refractivity contribution is 0.0921. The van der Waals surface area contributed by atoms with E-state index >= 15 is 0 Å². The van der Waals surface area contributed by atoms with Crippen LogP contribution in [0.5, 0.6) is 0 Å². The van der Waals surface area contributed by atoms with E-state index < -0.39 is 0 Å². The minimum Gasteiger partial charge on any atom is -0.323 e. The molecule has 2 bridgehead atoms. The number of fused-ring (bicyclic) bond motifs is 4. The number of nitrogens with two attached hydrogens (primary N) is 1. The van der Waals surface area contributed by atoms with Crippen LogP contribution in [0.3, 0.4) is 0 Å². The lowest BCUT2D eigenvalue weighted by atomic mass is 9.64. The van der Waals surface area contributed by atoms with Crippen LogP contribution in [0.1, 0.15) is 36.9 Å². The number of benzene rings is 1. The molecule has 2 unspecified atom stereocenters. The number of hydrogen-bond donors (Lipinski definition) is 1. The van der Waals surface area contributed by atoms with Crippen molar-refractivity contribution in [1.82, 2.24) is 4.90 Å². The first-order valence-electron chi connectivity index (χ1n) is 6.17. The second kappa shape index (κ2) is 3.31. The van der Waals surface area contributed by atoms with E-state index in [1.807, 2.05) is 0 Å². The third kappa shape index (κ3) is 1.26. The van der Waals surface area contributed by atoms with Gasteiger partial charge < -0.3 is 10.6 Å². The zero-order chi connectivity index (χ0) is 11.3. The molecule has 2 nitrogen and oxygen atoms in total. The molecule has 3 atom stereocenters. The summed E-state index contributed by atoms with van der Waals surface area (Å²) >= 11 is 0. The number of likely N-dealkylation sites (tertiary alicyclic amines) is 1. The van der Waals surface area contributed by atoms with Crippen LogP contribution in [0, 0.1) is 0 Å². The van der Waals surface area contributed by atoms with E-state index in [9.17, 15) is 0 Å². The Kier molecular flexibility index (Phi) is 2.13. The van der Waals surface area contributed by atoms with Gasteiger partial charge in [0, 0.05) is 12.1 Å². The SMILES string of the molecule is CN1CCC2(C)CC1[C@@H](N)c1ccccc12. The van der Waals surface area contributed by atoms with E-state index in [2.05, 4.69) is 43.1 Å². The number of rotatable bonds is 0. The van der Waals surface area contributed by atoms with Gasteiger partial charge >= 0.3 is 0 Å². The van der Waals surface area contributed by atoms with Crippen molar-refractivity contribution in [2.45, 2.75) is 37.3 Å². The monoisotopic (exact) mass is 216 g/mol. The van der Waals surface area contributed by atoms with E-state index in [1.54, 1.807) is 0 Å². The lowest BCUT2D eigenvalue weighted by Crippen LogP contribution is -2.54.